The zero-order valence-electron chi connectivity index (χ0n) is 14.1. The number of fused-ring (bicyclic) bond motifs is 2. The number of imidazole rings is 1. The number of pyridine rings is 1. The maximum absolute atomic E-state index is 12.7. The molecule has 26 heavy (non-hydrogen) atoms. The second-order valence-corrected chi connectivity index (χ2v) is 6.83. The van der Waals surface area contributed by atoms with Crippen molar-refractivity contribution in [3.8, 4) is 0 Å². The Morgan fingerprint density at radius 2 is 2.23 bits per heavy atom. The van der Waals surface area contributed by atoms with Gasteiger partial charge in [0.05, 0.1) is 17.1 Å². The van der Waals surface area contributed by atoms with E-state index in [0.29, 0.717) is 11.2 Å². The fraction of sp³-hybridized carbons (Fsp3) is 0.235. The summed E-state index contributed by atoms with van der Waals surface area (Å²) in [5, 5.41) is 14.3. The summed E-state index contributed by atoms with van der Waals surface area (Å²) in [4.78, 5) is 20.7. The molecule has 0 saturated heterocycles. The second kappa shape index (κ2) is 7.12. The van der Waals surface area contributed by atoms with Crippen LogP contribution in [0.25, 0.3) is 16.7 Å². The molecule has 1 aromatic carbocycles. The van der Waals surface area contributed by atoms with Gasteiger partial charge in [0.1, 0.15) is 5.82 Å². The Kier molecular flexibility index (Phi) is 4.53. The normalized spacial score (nSPS) is 12.5. The summed E-state index contributed by atoms with van der Waals surface area (Å²) >= 11 is 1.73. The Balaban J connectivity index is 1.60. The Labute approximate surface area is 153 Å². The standard InChI is InChI=1S/C17H17N7OS/c1-26-9-7-14(16-18-12-4-2-3-5-13(12)19-16)20-17(25)11-6-8-24-15(10-11)21-22-23-24/h2-6,8,10,14H,7,9H2,1H3,(H,18,19)(H,20,25)/t14-/m1/s1. The molecular formula is C17H17N7OS. The van der Waals surface area contributed by atoms with Gasteiger partial charge in [-0.1, -0.05) is 12.1 Å². The molecule has 0 saturated carbocycles. The molecule has 1 amide bonds. The van der Waals surface area contributed by atoms with E-state index in [-0.39, 0.29) is 11.9 Å². The maximum atomic E-state index is 12.7. The predicted octanol–water partition coefficient (Wildman–Crippen LogP) is 2.22. The minimum Gasteiger partial charge on any atom is -0.342 e. The van der Waals surface area contributed by atoms with Crippen molar-refractivity contribution in [3.05, 3.63) is 54.0 Å². The Bertz CT molecular complexity index is 1020. The van der Waals surface area contributed by atoms with Crippen molar-refractivity contribution in [2.45, 2.75) is 12.5 Å². The van der Waals surface area contributed by atoms with Crippen LogP contribution in [0.5, 0.6) is 0 Å². The van der Waals surface area contributed by atoms with Crippen LogP contribution in [0.15, 0.2) is 42.6 Å². The van der Waals surface area contributed by atoms with Gasteiger partial charge in [0.2, 0.25) is 0 Å². The Morgan fingerprint density at radius 3 is 3.08 bits per heavy atom. The average molecular weight is 367 g/mol. The van der Waals surface area contributed by atoms with Crippen LogP contribution in [0.1, 0.15) is 28.6 Å². The quantitative estimate of drug-likeness (QED) is 0.542. The summed E-state index contributed by atoms with van der Waals surface area (Å²) < 4.78 is 1.52. The zero-order chi connectivity index (χ0) is 17.9. The number of hydrogen-bond acceptors (Lipinski definition) is 6. The monoisotopic (exact) mass is 367 g/mol. The van der Waals surface area contributed by atoms with Crippen molar-refractivity contribution >= 4 is 34.3 Å². The number of carbonyl (C=O) groups is 1. The second-order valence-electron chi connectivity index (χ2n) is 5.84. The molecular weight excluding hydrogens is 350 g/mol. The average Bonchev–Trinajstić information content (AvgIpc) is 3.30. The largest absolute Gasteiger partial charge is 0.342 e. The molecule has 3 heterocycles. The molecule has 1 atom stereocenters. The van der Waals surface area contributed by atoms with E-state index in [1.807, 2.05) is 30.5 Å². The molecule has 0 radical (unpaired) electrons. The number of aromatic amines is 1. The number of para-hydroxylation sites is 2. The molecule has 4 rings (SSSR count). The minimum atomic E-state index is -0.199. The Morgan fingerprint density at radius 1 is 1.35 bits per heavy atom. The highest BCUT2D eigenvalue weighted by Gasteiger charge is 2.19. The van der Waals surface area contributed by atoms with Gasteiger partial charge in [0.25, 0.3) is 5.91 Å². The van der Waals surface area contributed by atoms with Gasteiger partial charge in [-0.2, -0.15) is 11.8 Å². The molecule has 0 aliphatic heterocycles. The van der Waals surface area contributed by atoms with Crippen molar-refractivity contribution in [1.29, 1.82) is 0 Å². The summed E-state index contributed by atoms with van der Waals surface area (Å²) in [5.41, 5.74) is 2.89. The van der Waals surface area contributed by atoms with Gasteiger partial charge in [-0.15, -0.1) is 5.10 Å². The lowest BCUT2D eigenvalue weighted by Gasteiger charge is -2.16. The number of nitrogens with zero attached hydrogens (tertiary/aromatic N) is 5. The summed E-state index contributed by atoms with van der Waals surface area (Å²) in [6, 6.07) is 11.0. The van der Waals surface area contributed by atoms with E-state index in [2.05, 4.69) is 30.8 Å². The minimum absolute atomic E-state index is 0.179. The molecule has 0 fully saturated rings. The lowest BCUT2D eigenvalue weighted by atomic mass is 10.2. The summed E-state index contributed by atoms with van der Waals surface area (Å²) in [6.07, 6.45) is 4.49. The fourth-order valence-electron chi connectivity index (χ4n) is 2.77. The number of hydrogen-bond donors (Lipinski definition) is 2. The first-order valence-electron chi connectivity index (χ1n) is 8.17. The molecule has 2 N–H and O–H groups in total. The van der Waals surface area contributed by atoms with Crippen molar-refractivity contribution in [1.82, 2.24) is 35.3 Å². The van der Waals surface area contributed by atoms with E-state index >= 15 is 0 Å². The van der Waals surface area contributed by atoms with Crippen molar-refractivity contribution in [3.63, 3.8) is 0 Å². The van der Waals surface area contributed by atoms with Gasteiger partial charge in [-0.3, -0.25) is 4.79 Å². The van der Waals surface area contributed by atoms with Crippen LogP contribution < -0.4 is 5.32 Å². The molecule has 0 unspecified atom stereocenters. The van der Waals surface area contributed by atoms with Gasteiger partial charge in [-0.25, -0.2) is 9.50 Å². The number of tetrazole rings is 1. The van der Waals surface area contributed by atoms with Crippen molar-refractivity contribution < 1.29 is 4.79 Å². The molecule has 132 valence electrons. The molecule has 0 aliphatic carbocycles. The van der Waals surface area contributed by atoms with Crippen LogP contribution in [0.3, 0.4) is 0 Å². The van der Waals surface area contributed by atoms with Crippen molar-refractivity contribution in [2.24, 2.45) is 0 Å². The zero-order valence-corrected chi connectivity index (χ0v) is 14.9. The molecule has 3 aromatic heterocycles. The lowest BCUT2D eigenvalue weighted by molar-refractivity contribution is 0.0934. The van der Waals surface area contributed by atoms with E-state index < -0.39 is 0 Å². The highest BCUT2D eigenvalue weighted by molar-refractivity contribution is 7.98. The number of thioether (sulfide) groups is 1. The van der Waals surface area contributed by atoms with Gasteiger partial charge in [0, 0.05) is 11.8 Å². The SMILES string of the molecule is CSCC[C@@H](NC(=O)c1ccn2nnnc2c1)c1nc2ccccc2[nH]1. The van der Waals surface area contributed by atoms with E-state index in [9.17, 15) is 4.79 Å². The van der Waals surface area contributed by atoms with Crippen LogP contribution in [0, 0.1) is 0 Å². The lowest BCUT2D eigenvalue weighted by Crippen LogP contribution is -2.29. The number of benzene rings is 1. The molecule has 9 heteroatoms. The number of nitrogens with one attached hydrogen (secondary N) is 2. The van der Waals surface area contributed by atoms with Crippen LogP contribution >= 0.6 is 11.8 Å². The van der Waals surface area contributed by atoms with Gasteiger partial charge in [0.15, 0.2) is 5.65 Å². The summed E-state index contributed by atoms with van der Waals surface area (Å²) in [6.45, 7) is 0. The summed E-state index contributed by atoms with van der Waals surface area (Å²) in [7, 11) is 0. The number of rotatable bonds is 6. The maximum Gasteiger partial charge on any atom is 0.252 e. The first-order valence-corrected chi connectivity index (χ1v) is 9.56. The van der Waals surface area contributed by atoms with Crippen LogP contribution in [-0.2, 0) is 0 Å². The number of amides is 1. The van der Waals surface area contributed by atoms with Crippen LogP contribution in [-0.4, -0.2) is 47.9 Å². The smallest absolute Gasteiger partial charge is 0.252 e. The molecule has 8 nitrogen and oxygen atoms in total. The number of H-pyrrole nitrogens is 1. The highest BCUT2D eigenvalue weighted by Crippen LogP contribution is 2.20. The first kappa shape index (κ1) is 16.5. The summed E-state index contributed by atoms with van der Waals surface area (Å²) in [5.74, 6) is 1.50. The molecule has 0 spiro atoms. The number of carbonyl (C=O) groups excluding carboxylic acids is 1. The third kappa shape index (κ3) is 3.25. The first-order chi connectivity index (χ1) is 12.7. The number of aromatic nitrogens is 6. The van der Waals surface area contributed by atoms with E-state index in [1.165, 1.54) is 4.52 Å². The molecule has 0 aliphatic rings. The van der Waals surface area contributed by atoms with E-state index in [4.69, 9.17) is 0 Å². The van der Waals surface area contributed by atoms with Crippen molar-refractivity contribution in [2.75, 3.05) is 12.0 Å². The van der Waals surface area contributed by atoms with Gasteiger partial charge in [-0.05, 0) is 53.1 Å². The van der Waals surface area contributed by atoms with E-state index in [1.54, 1.807) is 30.1 Å². The fourth-order valence-corrected chi connectivity index (χ4v) is 3.24. The van der Waals surface area contributed by atoms with E-state index in [0.717, 1.165) is 29.0 Å². The van der Waals surface area contributed by atoms with Gasteiger partial charge >= 0.3 is 0 Å². The topological polar surface area (TPSA) is 101 Å². The molecule has 0 bridgehead atoms. The third-order valence-corrected chi connectivity index (χ3v) is 4.76. The third-order valence-electron chi connectivity index (χ3n) is 4.11. The van der Waals surface area contributed by atoms with Crippen LogP contribution in [0.2, 0.25) is 0 Å². The van der Waals surface area contributed by atoms with Gasteiger partial charge < -0.3 is 10.3 Å². The molecule has 4 aromatic rings. The highest BCUT2D eigenvalue weighted by atomic mass is 32.2. The Hall–Kier alpha value is -2.94. The van der Waals surface area contributed by atoms with Crippen LogP contribution in [0.4, 0.5) is 0 Å². The predicted molar refractivity (Wildman–Crippen MR) is 100 cm³/mol.